The Kier molecular flexibility index (Phi) is 8.52. The number of aliphatic hydroxyl groups is 1. The maximum atomic E-state index is 14.2. The third-order valence-electron chi connectivity index (χ3n) is 7.65. The smallest absolute Gasteiger partial charge is 0.240 e. The molecule has 2 fully saturated rings. The molecular weight excluding hydrogens is 507 g/mol. The molecule has 2 heterocycles. The van der Waals surface area contributed by atoms with Crippen LogP contribution in [-0.4, -0.2) is 72.2 Å². The first-order valence-electron chi connectivity index (χ1n) is 12.9. The van der Waals surface area contributed by atoms with Gasteiger partial charge in [0.05, 0.1) is 18.7 Å². The quantitative estimate of drug-likeness (QED) is 0.563. The van der Waals surface area contributed by atoms with Crippen LogP contribution in [0.1, 0.15) is 44.2 Å². The fourth-order valence-electron chi connectivity index (χ4n) is 5.97. The van der Waals surface area contributed by atoms with Gasteiger partial charge < -0.3 is 15.3 Å². The number of nitriles is 1. The molecule has 0 aliphatic carbocycles. The number of halogens is 2. The highest BCUT2D eigenvalue weighted by Gasteiger charge is 2.60. The van der Waals surface area contributed by atoms with E-state index in [1.165, 1.54) is 0 Å². The van der Waals surface area contributed by atoms with E-state index >= 15 is 0 Å². The normalized spacial score (nSPS) is 26.7. The van der Waals surface area contributed by atoms with Gasteiger partial charge in [0.15, 0.2) is 0 Å². The van der Waals surface area contributed by atoms with Gasteiger partial charge in [0, 0.05) is 54.7 Å². The molecule has 0 bridgehead atoms. The van der Waals surface area contributed by atoms with E-state index in [1.807, 2.05) is 53.4 Å². The second kappa shape index (κ2) is 11.3. The molecule has 198 valence electrons. The summed E-state index contributed by atoms with van der Waals surface area (Å²) in [6.45, 7) is 9.78. The van der Waals surface area contributed by atoms with Crippen molar-refractivity contribution in [1.29, 1.82) is 5.26 Å². The Bertz CT molecular complexity index is 1140. The van der Waals surface area contributed by atoms with E-state index in [9.17, 15) is 15.2 Å². The predicted molar refractivity (Wildman–Crippen MR) is 148 cm³/mol. The Labute approximate surface area is 230 Å². The molecule has 0 spiro atoms. The molecule has 1 amide bonds. The first-order chi connectivity index (χ1) is 17.6. The zero-order chi connectivity index (χ0) is 26.8. The van der Waals surface area contributed by atoms with Crippen LogP contribution in [0.3, 0.4) is 0 Å². The predicted octanol–water partition coefficient (Wildman–Crippen LogP) is 4.45. The van der Waals surface area contributed by atoms with Gasteiger partial charge in [-0.15, -0.1) is 0 Å². The summed E-state index contributed by atoms with van der Waals surface area (Å²) >= 11 is 12.7. The fraction of sp³-hybridized carbons (Fsp3) is 0.517. The average molecular weight is 544 g/mol. The number of aliphatic hydroxyl groups excluding tert-OH is 1. The van der Waals surface area contributed by atoms with Crippen molar-refractivity contribution in [2.45, 2.75) is 50.6 Å². The van der Waals surface area contributed by atoms with Crippen LogP contribution in [0.15, 0.2) is 48.5 Å². The van der Waals surface area contributed by atoms with E-state index < -0.39 is 17.4 Å². The molecule has 37 heavy (non-hydrogen) atoms. The van der Waals surface area contributed by atoms with Crippen molar-refractivity contribution in [3.8, 4) is 6.07 Å². The maximum absolute atomic E-state index is 14.2. The van der Waals surface area contributed by atoms with Crippen molar-refractivity contribution in [1.82, 2.24) is 15.1 Å². The molecule has 4 atom stereocenters. The first kappa shape index (κ1) is 27.9. The molecule has 6 nitrogen and oxygen atoms in total. The summed E-state index contributed by atoms with van der Waals surface area (Å²) in [6, 6.07) is 16.9. The van der Waals surface area contributed by atoms with E-state index in [0.29, 0.717) is 49.2 Å². The van der Waals surface area contributed by atoms with E-state index in [0.717, 1.165) is 11.1 Å². The van der Waals surface area contributed by atoms with Gasteiger partial charge in [0.2, 0.25) is 5.91 Å². The van der Waals surface area contributed by atoms with Gasteiger partial charge in [-0.3, -0.25) is 9.69 Å². The van der Waals surface area contributed by atoms with Crippen LogP contribution in [0, 0.1) is 16.7 Å². The van der Waals surface area contributed by atoms with Crippen molar-refractivity contribution in [2.24, 2.45) is 5.41 Å². The standard InChI is InChI=1S/C29H36Cl2N4O2/c1-28(2,3)18-24-29(19-32,21-7-9-22(30)10-8-21)25(20-5-4-6-23(31)17-20)26(33-24)27(37)35-13-11-34(12-14-35)15-16-36/h4-10,17,24-26,33,36H,11-16,18H2,1-3H3/t24-,25-,26+,29-/m0/s1. The molecule has 2 saturated heterocycles. The lowest BCUT2D eigenvalue weighted by atomic mass is 9.63. The summed E-state index contributed by atoms with van der Waals surface area (Å²) in [4.78, 5) is 18.2. The fourth-order valence-corrected chi connectivity index (χ4v) is 6.30. The minimum Gasteiger partial charge on any atom is -0.395 e. The van der Waals surface area contributed by atoms with Gasteiger partial charge in [0.25, 0.3) is 0 Å². The molecule has 4 rings (SSSR count). The number of carbonyl (C=O) groups excluding carboxylic acids is 1. The van der Waals surface area contributed by atoms with Gasteiger partial charge in [-0.25, -0.2) is 0 Å². The van der Waals surface area contributed by atoms with Crippen LogP contribution in [0.2, 0.25) is 10.0 Å². The highest BCUT2D eigenvalue weighted by molar-refractivity contribution is 6.30. The molecule has 0 radical (unpaired) electrons. The highest BCUT2D eigenvalue weighted by atomic mass is 35.5. The number of hydrogen-bond donors (Lipinski definition) is 2. The maximum Gasteiger partial charge on any atom is 0.240 e. The summed E-state index contributed by atoms with van der Waals surface area (Å²) in [5.41, 5.74) is 0.611. The van der Waals surface area contributed by atoms with Crippen molar-refractivity contribution < 1.29 is 9.90 Å². The lowest BCUT2D eigenvalue weighted by Gasteiger charge is -2.38. The molecular formula is C29H36Cl2N4O2. The monoisotopic (exact) mass is 542 g/mol. The van der Waals surface area contributed by atoms with Gasteiger partial charge in [-0.1, -0.05) is 68.2 Å². The Balaban J connectivity index is 1.82. The van der Waals surface area contributed by atoms with Gasteiger partial charge in [-0.2, -0.15) is 5.26 Å². The van der Waals surface area contributed by atoms with Crippen molar-refractivity contribution in [2.75, 3.05) is 39.3 Å². The number of β-amino-alcohol motifs (C(OH)–C–C–N with tert-alkyl or cyclic N) is 1. The summed E-state index contributed by atoms with van der Waals surface area (Å²) in [5, 5.41) is 25.1. The van der Waals surface area contributed by atoms with E-state index in [1.54, 1.807) is 0 Å². The SMILES string of the molecule is CC(C)(C)C[C@@H]1N[C@@H](C(=O)N2CCN(CCO)CC2)[C@H](c2cccc(Cl)c2)[C@@]1(C#N)c1ccc(Cl)cc1. The van der Waals surface area contributed by atoms with Gasteiger partial charge >= 0.3 is 0 Å². The molecule has 0 aromatic heterocycles. The summed E-state index contributed by atoms with van der Waals surface area (Å²) < 4.78 is 0. The number of rotatable bonds is 6. The molecule has 2 aromatic carbocycles. The number of benzene rings is 2. The van der Waals surface area contributed by atoms with E-state index in [2.05, 4.69) is 37.1 Å². The lowest BCUT2D eigenvalue weighted by molar-refractivity contribution is -0.135. The molecule has 2 N–H and O–H groups in total. The number of piperazine rings is 1. The minimum absolute atomic E-state index is 0.00128. The van der Waals surface area contributed by atoms with E-state index in [-0.39, 0.29) is 24.0 Å². The number of hydrogen-bond acceptors (Lipinski definition) is 5. The first-order valence-corrected chi connectivity index (χ1v) is 13.7. The van der Waals surface area contributed by atoms with Crippen LogP contribution in [0.5, 0.6) is 0 Å². The number of amides is 1. The summed E-state index contributed by atoms with van der Waals surface area (Å²) in [6.07, 6.45) is 0.703. The third kappa shape index (κ3) is 5.82. The highest BCUT2D eigenvalue weighted by Crippen LogP contribution is 2.51. The average Bonchev–Trinajstić information content (AvgIpc) is 3.18. The largest absolute Gasteiger partial charge is 0.395 e. The van der Waals surface area contributed by atoms with Gasteiger partial charge in [0.1, 0.15) is 5.41 Å². The van der Waals surface area contributed by atoms with Crippen LogP contribution in [-0.2, 0) is 10.2 Å². The molecule has 0 unspecified atom stereocenters. The van der Waals surface area contributed by atoms with Crippen LogP contribution < -0.4 is 5.32 Å². The zero-order valence-electron chi connectivity index (χ0n) is 21.8. The topological polar surface area (TPSA) is 79.6 Å². The molecule has 2 aromatic rings. The summed E-state index contributed by atoms with van der Waals surface area (Å²) in [7, 11) is 0. The Morgan fingerprint density at radius 3 is 2.35 bits per heavy atom. The minimum atomic E-state index is -1.01. The Morgan fingerprint density at radius 2 is 1.78 bits per heavy atom. The molecule has 2 aliphatic heterocycles. The number of carbonyl (C=O) groups is 1. The molecule has 2 aliphatic rings. The second-order valence-corrected chi connectivity index (χ2v) is 12.2. The second-order valence-electron chi connectivity index (χ2n) is 11.4. The number of nitrogens with zero attached hydrogens (tertiary/aromatic N) is 3. The Hall–Kier alpha value is -2.14. The Morgan fingerprint density at radius 1 is 1.11 bits per heavy atom. The third-order valence-corrected chi connectivity index (χ3v) is 8.14. The van der Waals surface area contributed by atoms with Gasteiger partial charge in [-0.05, 0) is 47.2 Å². The van der Waals surface area contributed by atoms with Crippen LogP contribution in [0.25, 0.3) is 0 Å². The molecule has 0 saturated carbocycles. The van der Waals surface area contributed by atoms with Crippen LogP contribution in [0.4, 0.5) is 0 Å². The van der Waals surface area contributed by atoms with Crippen molar-refractivity contribution in [3.05, 3.63) is 69.7 Å². The zero-order valence-corrected chi connectivity index (χ0v) is 23.3. The van der Waals surface area contributed by atoms with Crippen LogP contribution >= 0.6 is 23.2 Å². The molecule has 8 heteroatoms. The lowest BCUT2D eigenvalue weighted by Crippen LogP contribution is -2.54. The van der Waals surface area contributed by atoms with E-state index in [4.69, 9.17) is 23.2 Å². The van der Waals surface area contributed by atoms with Crippen molar-refractivity contribution in [3.63, 3.8) is 0 Å². The van der Waals surface area contributed by atoms with Crippen molar-refractivity contribution >= 4 is 29.1 Å². The number of nitrogens with one attached hydrogen (secondary N) is 1. The summed E-state index contributed by atoms with van der Waals surface area (Å²) in [5.74, 6) is -0.452.